The topological polar surface area (TPSA) is 118 Å². The third-order valence-corrected chi connectivity index (χ3v) is 7.92. The van der Waals surface area contributed by atoms with Crippen LogP contribution in [0, 0.1) is 0 Å². The van der Waals surface area contributed by atoms with Gasteiger partial charge in [0.25, 0.3) is 5.91 Å². The van der Waals surface area contributed by atoms with Gasteiger partial charge in [-0.1, -0.05) is 58.4 Å². The molecule has 0 spiro atoms. The van der Waals surface area contributed by atoms with Crippen LogP contribution < -0.4 is 15.6 Å². The van der Waals surface area contributed by atoms with E-state index in [0.717, 1.165) is 29.3 Å². The Hall–Kier alpha value is -3.73. The lowest BCUT2D eigenvalue weighted by atomic mass is 9.83. The molecule has 1 heterocycles. The number of unbranched alkanes of at least 4 members (excludes halogenated alkanes) is 1. The van der Waals surface area contributed by atoms with Crippen LogP contribution in [0.2, 0.25) is 0 Å². The first-order valence-corrected chi connectivity index (χ1v) is 16.5. The van der Waals surface area contributed by atoms with Gasteiger partial charge in [0.1, 0.15) is 11.4 Å². The van der Waals surface area contributed by atoms with Crippen LogP contribution in [0.4, 0.5) is 0 Å². The Kier molecular flexibility index (Phi) is 12.8. The molecule has 3 N–H and O–H groups in total. The summed E-state index contributed by atoms with van der Waals surface area (Å²) in [6, 6.07) is 25.1. The molecule has 10 heteroatoms. The van der Waals surface area contributed by atoms with E-state index < -0.39 is 29.1 Å². The fourth-order valence-corrected chi connectivity index (χ4v) is 5.40. The Morgan fingerprint density at radius 2 is 1.70 bits per heavy atom. The molecule has 0 fully saturated rings. The van der Waals surface area contributed by atoms with Gasteiger partial charge in [0.05, 0.1) is 6.61 Å². The third-order valence-electron chi connectivity index (χ3n) is 7.39. The zero-order valence-corrected chi connectivity index (χ0v) is 28.3. The number of halogens is 1. The molecular weight excluding hydrogens is 650 g/mol. The van der Waals surface area contributed by atoms with E-state index in [9.17, 15) is 9.59 Å². The summed E-state index contributed by atoms with van der Waals surface area (Å²) in [5.41, 5.74) is 6.52. The smallest absolute Gasteiger partial charge is 0.306 e. The van der Waals surface area contributed by atoms with Crippen molar-refractivity contribution in [1.29, 1.82) is 0 Å². The summed E-state index contributed by atoms with van der Waals surface area (Å²) in [6.45, 7) is 6.45. The maximum atomic E-state index is 14.2. The molecule has 1 aliphatic rings. The average molecular weight is 695 g/mol. The van der Waals surface area contributed by atoms with Crippen LogP contribution in [-0.4, -0.2) is 53.8 Å². The number of amides is 1. The minimum atomic E-state index is -1.46. The Morgan fingerprint density at radius 1 is 0.978 bits per heavy atom. The van der Waals surface area contributed by atoms with Crippen molar-refractivity contribution < 1.29 is 28.9 Å². The number of carbonyl (C=O) groups excluding carboxylic acids is 2. The highest BCUT2D eigenvalue weighted by atomic mass is 79.9. The number of nitrogens with one attached hydrogen (secondary N) is 2. The van der Waals surface area contributed by atoms with Crippen molar-refractivity contribution in [3.63, 3.8) is 0 Å². The molecule has 0 radical (unpaired) electrons. The van der Waals surface area contributed by atoms with Crippen LogP contribution in [0.25, 0.3) is 0 Å². The van der Waals surface area contributed by atoms with Crippen LogP contribution in [0.5, 0.6) is 5.75 Å². The molecule has 2 atom stereocenters. The van der Waals surface area contributed by atoms with Crippen molar-refractivity contribution in [2.24, 2.45) is 4.99 Å². The predicted molar refractivity (Wildman–Crippen MR) is 181 cm³/mol. The van der Waals surface area contributed by atoms with Gasteiger partial charge >= 0.3 is 5.97 Å². The van der Waals surface area contributed by atoms with E-state index >= 15 is 0 Å². The fourth-order valence-electron chi connectivity index (χ4n) is 5.13. The molecule has 0 saturated carbocycles. The first-order chi connectivity index (χ1) is 22.1. The predicted octanol–water partition coefficient (Wildman–Crippen LogP) is 6.23. The summed E-state index contributed by atoms with van der Waals surface area (Å²) in [7, 11) is 0. The number of hydrogen-bond donors (Lipinski definition) is 3. The average Bonchev–Trinajstić information content (AvgIpc) is 3.43. The monoisotopic (exact) mass is 693 g/mol. The minimum absolute atomic E-state index is 0.0352. The number of aliphatic hydroxyl groups excluding tert-OH is 1. The molecule has 246 valence electrons. The van der Waals surface area contributed by atoms with E-state index in [1.54, 1.807) is 12.1 Å². The van der Waals surface area contributed by atoms with Crippen molar-refractivity contribution in [3.05, 3.63) is 100 Å². The van der Waals surface area contributed by atoms with Gasteiger partial charge in [-0.25, -0.2) is 10.4 Å². The lowest BCUT2D eigenvalue weighted by Crippen LogP contribution is -2.53. The maximum Gasteiger partial charge on any atom is 0.306 e. The van der Waals surface area contributed by atoms with E-state index in [1.807, 2.05) is 75.4 Å². The van der Waals surface area contributed by atoms with Crippen LogP contribution in [0.1, 0.15) is 75.7 Å². The van der Waals surface area contributed by atoms with Crippen molar-refractivity contribution in [2.45, 2.75) is 76.5 Å². The molecule has 1 aliphatic heterocycles. The summed E-state index contributed by atoms with van der Waals surface area (Å²) in [5, 5.41) is 9.05. The summed E-state index contributed by atoms with van der Waals surface area (Å²) in [5.74, 6) is 0.116. The van der Waals surface area contributed by atoms with Crippen molar-refractivity contribution in [2.75, 3.05) is 19.8 Å². The second-order valence-corrected chi connectivity index (χ2v) is 13.2. The first kappa shape index (κ1) is 35.1. The maximum absolute atomic E-state index is 14.2. The number of carbonyl (C=O) groups is 2. The Balaban J connectivity index is 1.57. The summed E-state index contributed by atoms with van der Waals surface area (Å²) in [6.07, 6.45) is 2.52. The molecule has 0 saturated heterocycles. The quantitative estimate of drug-likeness (QED) is 0.0925. The van der Waals surface area contributed by atoms with Crippen LogP contribution in [-0.2, 0) is 25.5 Å². The highest BCUT2D eigenvalue weighted by Crippen LogP contribution is 2.43. The molecule has 46 heavy (non-hydrogen) atoms. The van der Waals surface area contributed by atoms with Gasteiger partial charge in [0.2, 0.25) is 5.90 Å². The molecule has 1 amide bonds. The Bertz CT molecular complexity index is 1440. The lowest BCUT2D eigenvalue weighted by Gasteiger charge is -2.31. The largest absolute Gasteiger partial charge is 0.494 e. The second kappa shape index (κ2) is 16.7. The number of benzene rings is 3. The number of aliphatic imine (C=N–C) groups is 1. The second-order valence-electron chi connectivity index (χ2n) is 12.3. The summed E-state index contributed by atoms with van der Waals surface area (Å²) >= 11 is 3.49. The van der Waals surface area contributed by atoms with E-state index in [1.165, 1.54) is 5.56 Å². The van der Waals surface area contributed by atoms with E-state index in [-0.39, 0.29) is 25.3 Å². The fraction of sp³-hybridized carbons (Fsp3) is 0.417. The number of esters is 1. The molecule has 3 aromatic rings. The van der Waals surface area contributed by atoms with Gasteiger partial charge in [-0.3, -0.25) is 15.0 Å². The number of hydrazine groups is 1. The van der Waals surface area contributed by atoms with E-state index in [0.29, 0.717) is 30.9 Å². The van der Waals surface area contributed by atoms with Gasteiger partial charge in [-0.15, -0.1) is 0 Å². The van der Waals surface area contributed by atoms with Crippen LogP contribution in [0.15, 0.2) is 88.3 Å². The van der Waals surface area contributed by atoms with Gasteiger partial charge < -0.3 is 19.3 Å². The lowest BCUT2D eigenvalue weighted by molar-refractivity contribution is -0.155. The summed E-state index contributed by atoms with van der Waals surface area (Å²) < 4.78 is 18.7. The highest BCUT2D eigenvalue weighted by Gasteiger charge is 2.53. The van der Waals surface area contributed by atoms with E-state index in [2.05, 4.69) is 38.9 Å². The van der Waals surface area contributed by atoms with Crippen LogP contribution in [0.3, 0.4) is 0 Å². The van der Waals surface area contributed by atoms with E-state index in [4.69, 9.17) is 24.3 Å². The minimum Gasteiger partial charge on any atom is -0.494 e. The Labute approximate surface area is 279 Å². The normalized spacial score (nSPS) is 17.6. The van der Waals surface area contributed by atoms with Gasteiger partial charge in [-0.05, 0) is 94.0 Å². The standard InChI is InChI=1S/C36H44BrN3O6/c1-35(2,3)46-31(42)21-22-36(34(43)40-38-23-8-7-12-26-10-5-4-6-11-26)32(27-13-17-29(37)18-14-27)45-33(39-36)28-15-19-30(20-16-28)44-25-9-24-41/h4-6,10-11,13-20,32,38,41H,7-9,12,21-25H2,1-3H3,(H,40,43)/t32-,36-/m0/s1. The number of aryl methyl sites for hydroxylation is 1. The highest BCUT2D eigenvalue weighted by molar-refractivity contribution is 9.10. The molecule has 3 aromatic carbocycles. The van der Waals surface area contributed by atoms with Gasteiger partial charge in [0, 0.05) is 36.0 Å². The molecule has 4 rings (SSSR count). The van der Waals surface area contributed by atoms with Crippen molar-refractivity contribution >= 4 is 33.7 Å². The SMILES string of the molecule is CC(C)(C)OC(=O)CC[C@]1(C(=O)NNCCCCc2ccccc2)N=C(c2ccc(OCCCO)cc2)O[C@H]1c1ccc(Br)cc1. The zero-order chi connectivity index (χ0) is 33.0. The zero-order valence-electron chi connectivity index (χ0n) is 26.8. The van der Waals surface area contributed by atoms with Crippen molar-refractivity contribution in [1.82, 2.24) is 10.9 Å². The van der Waals surface area contributed by atoms with Crippen LogP contribution >= 0.6 is 15.9 Å². The number of nitrogens with zero attached hydrogens (tertiary/aromatic N) is 1. The molecule has 9 nitrogen and oxygen atoms in total. The molecule has 0 bridgehead atoms. The first-order valence-electron chi connectivity index (χ1n) is 15.7. The molecular formula is C36H44BrN3O6. The van der Waals surface area contributed by atoms with Gasteiger partial charge in [-0.2, -0.15) is 0 Å². The number of rotatable bonds is 16. The summed E-state index contributed by atoms with van der Waals surface area (Å²) in [4.78, 5) is 32.1. The number of aliphatic hydroxyl groups is 1. The number of ether oxygens (including phenoxy) is 3. The number of hydrogen-bond acceptors (Lipinski definition) is 8. The molecule has 0 aliphatic carbocycles. The third kappa shape index (κ3) is 10.1. The van der Waals surface area contributed by atoms with Gasteiger partial charge in [0.15, 0.2) is 11.6 Å². The Morgan fingerprint density at radius 3 is 2.37 bits per heavy atom. The van der Waals surface area contributed by atoms with Crippen molar-refractivity contribution in [3.8, 4) is 5.75 Å². The molecule has 0 unspecified atom stereocenters. The molecule has 0 aromatic heterocycles.